The second-order valence-electron chi connectivity index (χ2n) is 6.46. The van der Waals surface area contributed by atoms with Crippen LogP contribution in [0.5, 0.6) is 5.88 Å². The molecule has 0 radical (unpaired) electrons. The first kappa shape index (κ1) is 16.6. The highest BCUT2D eigenvalue weighted by Gasteiger charge is 2.33. The molecule has 0 saturated carbocycles. The van der Waals surface area contributed by atoms with E-state index in [0.29, 0.717) is 10.8 Å². The third-order valence-corrected chi connectivity index (χ3v) is 5.88. The van der Waals surface area contributed by atoms with Crippen molar-refractivity contribution in [1.82, 2.24) is 24.4 Å². The van der Waals surface area contributed by atoms with Crippen LogP contribution in [0.2, 0.25) is 0 Å². The highest BCUT2D eigenvalue weighted by Crippen LogP contribution is 2.40. The van der Waals surface area contributed by atoms with E-state index in [-0.39, 0.29) is 11.9 Å². The first-order valence-corrected chi connectivity index (χ1v) is 9.46. The van der Waals surface area contributed by atoms with Gasteiger partial charge in [0.1, 0.15) is 23.4 Å². The minimum Gasteiger partial charge on any atom is -0.492 e. The minimum atomic E-state index is -0.110. The highest BCUT2D eigenvalue weighted by atomic mass is 32.1. The molecule has 25 heavy (non-hydrogen) atoms. The molecule has 4 heterocycles. The summed E-state index contributed by atoms with van der Waals surface area (Å²) >= 11 is 1.48. The van der Waals surface area contributed by atoms with E-state index in [0.717, 1.165) is 49.1 Å². The van der Waals surface area contributed by atoms with Crippen molar-refractivity contribution in [2.45, 2.75) is 26.8 Å². The number of rotatable bonds is 4. The van der Waals surface area contributed by atoms with Gasteiger partial charge in [0.2, 0.25) is 10.8 Å². The SMILES string of the molecule is CCN1CCN([C@H](c2ccc(C)o2)c2sc3nc(C)nn3c2O)CC1. The largest absolute Gasteiger partial charge is 0.492 e. The van der Waals surface area contributed by atoms with Gasteiger partial charge in [0.15, 0.2) is 0 Å². The molecule has 0 bridgehead atoms. The molecule has 7 nitrogen and oxygen atoms in total. The van der Waals surface area contributed by atoms with E-state index < -0.39 is 0 Å². The van der Waals surface area contributed by atoms with Crippen molar-refractivity contribution in [3.63, 3.8) is 0 Å². The first-order valence-electron chi connectivity index (χ1n) is 8.64. The molecule has 1 aliphatic rings. The summed E-state index contributed by atoms with van der Waals surface area (Å²) in [5.74, 6) is 2.56. The summed E-state index contributed by atoms with van der Waals surface area (Å²) in [4.78, 5) is 10.8. The number of fused-ring (bicyclic) bond motifs is 1. The third-order valence-electron chi connectivity index (χ3n) is 4.80. The number of piperazine rings is 1. The fourth-order valence-electron chi connectivity index (χ4n) is 3.44. The summed E-state index contributed by atoms with van der Waals surface area (Å²) < 4.78 is 7.48. The van der Waals surface area contributed by atoms with Crippen LogP contribution in [0.3, 0.4) is 0 Å². The number of aromatic nitrogens is 3. The molecule has 0 aromatic carbocycles. The van der Waals surface area contributed by atoms with Gasteiger partial charge in [0.25, 0.3) is 0 Å². The molecular formula is C17H23N5O2S. The van der Waals surface area contributed by atoms with E-state index in [1.54, 1.807) is 0 Å². The number of likely N-dealkylation sites (N-methyl/N-ethyl adjacent to an activating group) is 1. The fourth-order valence-corrected chi connectivity index (χ4v) is 4.58. The van der Waals surface area contributed by atoms with Gasteiger partial charge in [-0.1, -0.05) is 18.3 Å². The Morgan fingerprint density at radius 2 is 2.00 bits per heavy atom. The molecular weight excluding hydrogens is 338 g/mol. The molecule has 3 aromatic rings. The van der Waals surface area contributed by atoms with Crippen molar-refractivity contribution in [2.24, 2.45) is 0 Å². The number of furan rings is 1. The lowest BCUT2D eigenvalue weighted by atomic mass is 10.1. The van der Waals surface area contributed by atoms with Gasteiger partial charge in [0.05, 0.1) is 4.88 Å². The lowest BCUT2D eigenvalue weighted by Crippen LogP contribution is -2.47. The molecule has 1 N–H and O–H groups in total. The van der Waals surface area contributed by atoms with Gasteiger partial charge in [-0.25, -0.2) is 4.98 Å². The van der Waals surface area contributed by atoms with Crippen molar-refractivity contribution >= 4 is 16.3 Å². The summed E-state index contributed by atoms with van der Waals surface area (Å²) in [5, 5.41) is 15.1. The summed E-state index contributed by atoms with van der Waals surface area (Å²) in [6.07, 6.45) is 0. The van der Waals surface area contributed by atoms with Gasteiger partial charge in [-0.05, 0) is 32.5 Å². The van der Waals surface area contributed by atoms with Crippen LogP contribution in [0.25, 0.3) is 4.96 Å². The molecule has 0 amide bonds. The Balaban J connectivity index is 1.74. The average Bonchev–Trinajstić information content (AvgIpc) is 3.26. The van der Waals surface area contributed by atoms with E-state index in [4.69, 9.17) is 4.42 Å². The first-order chi connectivity index (χ1) is 12.1. The van der Waals surface area contributed by atoms with Crippen LogP contribution in [-0.4, -0.2) is 62.2 Å². The molecule has 1 saturated heterocycles. The number of hydrogen-bond donors (Lipinski definition) is 1. The zero-order chi connectivity index (χ0) is 17.6. The quantitative estimate of drug-likeness (QED) is 0.770. The maximum atomic E-state index is 10.8. The Labute approximate surface area is 150 Å². The lowest BCUT2D eigenvalue weighted by Gasteiger charge is -2.37. The molecule has 8 heteroatoms. The molecule has 0 aliphatic carbocycles. The average molecular weight is 361 g/mol. The predicted octanol–water partition coefficient (Wildman–Crippen LogP) is 2.43. The zero-order valence-corrected chi connectivity index (χ0v) is 15.6. The monoisotopic (exact) mass is 361 g/mol. The minimum absolute atomic E-state index is 0.110. The number of thiazole rings is 1. The Morgan fingerprint density at radius 3 is 2.60 bits per heavy atom. The number of nitrogens with zero attached hydrogens (tertiary/aromatic N) is 5. The smallest absolute Gasteiger partial charge is 0.230 e. The molecule has 134 valence electrons. The van der Waals surface area contributed by atoms with Crippen LogP contribution in [-0.2, 0) is 0 Å². The fraction of sp³-hybridized carbons (Fsp3) is 0.529. The molecule has 0 spiro atoms. The Bertz CT molecular complexity index is 875. The maximum Gasteiger partial charge on any atom is 0.230 e. The van der Waals surface area contributed by atoms with E-state index in [2.05, 4.69) is 26.8 Å². The van der Waals surface area contributed by atoms with Crippen LogP contribution >= 0.6 is 11.3 Å². The van der Waals surface area contributed by atoms with Gasteiger partial charge < -0.3 is 14.4 Å². The maximum absolute atomic E-state index is 10.8. The Morgan fingerprint density at radius 1 is 1.24 bits per heavy atom. The molecule has 1 aliphatic heterocycles. The van der Waals surface area contributed by atoms with E-state index >= 15 is 0 Å². The standard InChI is InChI=1S/C17H23N5O2S/c1-4-20-7-9-21(10-8-20)14(13-6-5-11(2)24-13)15-16(23)22-17(25-15)18-12(3)19-22/h5-6,14,23H,4,7-10H2,1-3H3/t14-/m1/s1. The number of hydrogen-bond acceptors (Lipinski definition) is 7. The number of aromatic hydroxyl groups is 1. The summed E-state index contributed by atoms with van der Waals surface area (Å²) in [5.41, 5.74) is 0. The number of aryl methyl sites for hydroxylation is 2. The highest BCUT2D eigenvalue weighted by molar-refractivity contribution is 7.17. The van der Waals surface area contributed by atoms with Crippen LogP contribution in [0.1, 0.15) is 35.2 Å². The van der Waals surface area contributed by atoms with Crippen LogP contribution < -0.4 is 0 Å². The van der Waals surface area contributed by atoms with Crippen LogP contribution in [0.4, 0.5) is 0 Å². The molecule has 1 fully saturated rings. The lowest BCUT2D eigenvalue weighted by molar-refractivity contribution is 0.104. The molecule has 3 aromatic heterocycles. The van der Waals surface area contributed by atoms with Gasteiger partial charge in [-0.2, -0.15) is 4.52 Å². The summed E-state index contributed by atoms with van der Waals surface area (Å²) in [6.45, 7) is 10.9. The molecule has 4 rings (SSSR count). The van der Waals surface area contributed by atoms with Gasteiger partial charge in [-0.3, -0.25) is 4.90 Å². The van der Waals surface area contributed by atoms with E-state index in [1.165, 1.54) is 15.9 Å². The molecule has 0 unspecified atom stereocenters. The second-order valence-corrected chi connectivity index (χ2v) is 7.47. The Kier molecular flexibility index (Phi) is 4.26. The van der Waals surface area contributed by atoms with Gasteiger partial charge >= 0.3 is 0 Å². The van der Waals surface area contributed by atoms with Gasteiger partial charge in [-0.15, -0.1) is 5.10 Å². The van der Waals surface area contributed by atoms with Crippen molar-refractivity contribution in [1.29, 1.82) is 0 Å². The van der Waals surface area contributed by atoms with Crippen molar-refractivity contribution in [2.75, 3.05) is 32.7 Å². The third kappa shape index (κ3) is 2.94. The van der Waals surface area contributed by atoms with E-state index in [1.807, 2.05) is 26.0 Å². The topological polar surface area (TPSA) is 70.0 Å². The van der Waals surface area contributed by atoms with Crippen LogP contribution in [0.15, 0.2) is 16.5 Å². The predicted molar refractivity (Wildman–Crippen MR) is 96.2 cm³/mol. The normalized spacial score (nSPS) is 18.2. The summed E-state index contributed by atoms with van der Waals surface area (Å²) in [6, 6.07) is 3.87. The van der Waals surface area contributed by atoms with Crippen molar-refractivity contribution < 1.29 is 9.52 Å². The zero-order valence-electron chi connectivity index (χ0n) is 14.8. The van der Waals surface area contributed by atoms with Crippen molar-refractivity contribution in [3.8, 4) is 5.88 Å². The second kappa shape index (κ2) is 6.44. The molecule has 1 atom stereocenters. The summed E-state index contributed by atoms with van der Waals surface area (Å²) in [7, 11) is 0. The van der Waals surface area contributed by atoms with Crippen molar-refractivity contribution in [3.05, 3.63) is 34.4 Å². The Hall–Kier alpha value is -1.90. The van der Waals surface area contributed by atoms with E-state index in [9.17, 15) is 5.11 Å². The van der Waals surface area contributed by atoms with Crippen LogP contribution in [0, 0.1) is 13.8 Å². The van der Waals surface area contributed by atoms with Gasteiger partial charge in [0, 0.05) is 26.2 Å².